The Morgan fingerprint density at radius 3 is 2.97 bits per heavy atom. The summed E-state index contributed by atoms with van der Waals surface area (Å²) in [6, 6.07) is -0.153. The summed E-state index contributed by atoms with van der Waals surface area (Å²) < 4.78 is 6.90. The number of hydrogen-bond acceptors (Lipinski definition) is 5. The highest BCUT2D eigenvalue weighted by molar-refractivity contribution is 14.1. The Morgan fingerprint density at radius 2 is 2.28 bits per heavy atom. The molecule has 4 rings (SSSR count). The lowest BCUT2D eigenvalue weighted by Gasteiger charge is -2.35. The van der Waals surface area contributed by atoms with Crippen LogP contribution in [-0.2, 0) is 9.53 Å². The molecule has 0 spiro atoms. The molecule has 2 aromatic heterocycles. The summed E-state index contributed by atoms with van der Waals surface area (Å²) in [5.41, 5.74) is 1.46. The highest BCUT2D eigenvalue weighted by Crippen LogP contribution is 2.43. The maximum absolute atomic E-state index is 12.8. The van der Waals surface area contributed by atoms with Gasteiger partial charge in [-0.25, -0.2) is 9.78 Å². The van der Waals surface area contributed by atoms with Crippen molar-refractivity contribution in [3.05, 3.63) is 16.9 Å². The van der Waals surface area contributed by atoms with Gasteiger partial charge in [0.1, 0.15) is 11.2 Å². The number of carbonyl (C=O) groups is 2. The van der Waals surface area contributed by atoms with Crippen LogP contribution < -0.4 is 15.5 Å². The number of hydrogen-bond donors (Lipinski definition) is 4. The number of anilines is 2. The van der Waals surface area contributed by atoms with Gasteiger partial charge < -0.3 is 30.4 Å². The number of pyridine rings is 1. The van der Waals surface area contributed by atoms with Crippen molar-refractivity contribution in [1.82, 2.24) is 15.3 Å². The molecule has 1 aliphatic carbocycles. The Labute approximate surface area is 189 Å². The van der Waals surface area contributed by atoms with Crippen LogP contribution in [0.4, 0.5) is 16.2 Å². The van der Waals surface area contributed by atoms with Gasteiger partial charge >= 0.3 is 6.09 Å². The molecule has 156 valence electrons. The van der Waals surface area contributed by atoms with Crippen molar-refractivity contribution in [3.8, 4) is 0 Å². The minimum Gasteiger partial charge on any atom is -0.465 e. The van der Waals surface area contributed by atoms with Gasteiger partial charge in [-0.3, -0.25) is 4.79 Å². The van der Waals surface area contributed by atoms with Gasteiger partial charge in [-0.1, -0.05) is 22.6 Å². The Bertz CT molecular complexity index is 948. The zero-order valence-corrected chi connectivity index (χ0v) is 19.2. The number of carboxylic acid groups (broad SMARTS) is 1. The Morgan fingerprint density at radius 1 is 1.48 bits per heavy atom. The van der Waals surface area contributed by atoms with Gasteiger partial charge in [0.15, 0.2) is 0 Å². The summed E-state index contributed by atoms with van der Waals surface area (Å²) in [5, 5.41) is 15.5. The molecule has 1 unspecified atom stereocenters. The number of fused-ring (bicyclic) bond motifs is 1. The predicted octanol–water partition coefficient (Wildman–Crippen LogP) is 3.44. The number of carbonyl (C=O) groups excluding carboxylic acids is 1. The van der Waals surface area contributed by atoms with E-state index in [0.29, 0.717) is 35.3 Å². The van der Waals surface area contributed by atoms with Gasteiger partial charge in [-0.2, -0.15) is 0 Å². The van der Waals surface area contributed by atoms with Crippen molar-refractivity contribution in [2.75, 3.05) is 27.9 Å². The number of halogens is 2. The SMILES string of the molecule is O=C(O)NC1CCCN(c2c(Br)cnc3[nH]cc(NC(=O)C4(OCI)CC4)c23)C1. The Kier molecular flexibility index (Phi) is 5.89. The normalized spacial score (nSPS) is 20.5. The molecule has 2 aliphatic rings. The molecule has 1 saturated carbocycles. The van der Waals surface area contributed by atoms with Crippen molar-refractivity contribution in [3.63, 3.8) is 0 Å². The minimum atomic E-state index is -1.02. The fourth-order valence-electron chi connectivity index (χ4n) is 3.83. The van der Waals surface area contributed by atoms with E-state index in [2.05, 4.69) is 64.0 Å². The maximum atomic E-state index is 12.8. The molecule has 29 heavy (non-hydrogen) atoms. The fraction of sp³-hybridized carbons (Fsp3) is 0.500. The van der Waals surface area contributed by atoms with Crippen molar-refractivity contribution in [2.24, 2.45) is 0 Å². The lowest BCUT2D eigenvalue weighted by molar-refractivity contribution is -0.128. The Balaban J connectivity index is 1.65. The van der Waals surface area contributed by atoms with E-state index in [4.69, 9.17) is 9.84 Å². The van der Waals surface area contributed by atoms with E-state index in [-0.39, 0.29) is 11.9 Å². The first-order valence-corrected chi connectivity index (χ1v) is 11.7. The van der Waals surface area contributed by atoms with E-state index in [1.165, 1.54) is 0 Å². The van der Waals surface area contributed by atoms with E-state index in [0.717, 1.165) is 34.9 Å². The van der Waals surface area contributed by atoms with Crippen LogP contribution >= 0.6 is 38.5 Å². The number of nitrogens with zero attached hydrogens (tertiary/aromatic N) is 2. The molecule has 2 aromatic rings. The lowest BCUT2D eigenvalue weighted by atomic mass is 10.0. The zero-order valence-electron chi connectivity index (χ0n) is 15.5. The number of alkyl halides is 1. The molecule has 1 aliphatic heterocycles. The van der Waals surface area contributed by atoms with Gasteiger partial charge in [0, 0.05) is 31.5 Å². The van der Waals surface area contributed by atoms with Crippen molar-refractivity contribution in [2.45, 2.75) is 37.3 Å². The van der Waals surface area contributed by atoms with Gasteiger partial charge in [-0.05, 0) is 41.6 Å². The van der Waals surface area contributed by atoms with Gasteiger partial charge in [-0.15, -0.1) is 0 Å². The number of ether oxygens (including phenoxy) is 1. The van der Waals surface area contributed by atoms with E-state index < -0.39 is 11.7 Å². The third-order valence-electron chi connectivity index (χ3n) is 5.39. The molecule has 4 N–H and O–H groups in total. The lowest BCUT2D eigenvalue weighted by Crippen LogP contribution is -2.47. The summed E-state index contributed by atoms with van der Waals surface area (Å²) in [6.45, 7) is 1.33. The van der Waals surface area contributed by atoms with E-state index in [1.54, 1.807) is 12.4 Å². The number of H-pyrrole nitrogens is 1. The molecule has 11 heteroatoms. The van der Waals surface area contributed by atoms with Gasteiger partial charge in [0.25, 0.3) is 5.91 Å². The first-order chi connectivity index (χ1) is 13.9. The number of amides is 2. The predicted molar refractivity (Wildman–Crippen MR) is 121 cm³/mol. The maximum Gasteiger partial charge on any atom is 0.404 e. The van der Waals surface area contributed by atoms with Crippen LogP contribution in [0.25, 0.3) is 11.0 Å². The summed E-state index contributed by atoms with van der Waals surface area (Å²) >= 11 is 5.69. The average molecular weight is 578 g/mol. The molecule has 9 nitrogen and oxygen atoms in total. The quantitative estimate of drug-likeness (QED) is 0.308. The van der Waals surface area contributed by atoms with Gasteiger partial charge in [0.05, 0.1) is 25.8 Å². The monoisotopic (exact) mass is 577 g/mol. The molecule has 0 bridgehead atoms. The second-order valence-electron chi connectivity index (χ2n) is 7.32. The van der Waals surface area contributed by atoms with Crippen molar-refractivity contribution < 1.29 is 19.4 Å². The Hall–Kier alpha value is -1.60. The number of nitrogens with one attached hydrogen (secondary N) is 3. The second-order valence-corrected chi connectivity index (χ2v) is 8.79. The smallest absolute Gasteiger partial charge is 0.404 e. The fourth-order valence-corrected chi connectivity index (χ4v) is 4.97. The van der Waals surface area contributed by atoms with Crippen LogP contribution in [0.15, 0.2) is 16.9 Å². The van der Waals surface area contributed by atoms with Crippen LogP contribution in [0.5, 0.6) is 0 Å². The summed E-state index contributed by atoms with van der Waals surface area (Å²) in [6.07, 6.45) is 5.52. The van der Waals surface area contributed by atoms with Crippen LogP contribution in [0.3, 0.4) is 0 Å². The highest BCUT2D eigenvalue weighted by atomic mass is 127. The van der Waals surface area contributed by atoms with E-state index >= 15 is 0 Å². The van der Waals surface area contributed by atoms with E-state index in [1.807, 2.05) is 0 Å². The molecule has 3 heterocycles. The molecule has 1 saturated heterocycles. The topological polar surface area (TPSA) is 120 Å². The number of aromatic nitrogens is 2. The average Bonchev–Trinajstić information content (AvgIpc) is 3.36. The van der Waals surface area contributed by atoms with Crippen LogP contribution in [0.2, 0.25) is 0 Å². The largest absolute Gasteiger partial charge is 0.465 e. The van der Waals surface area contributed by atoms with Crippen molar-refractivity contribution >= 4 is 72.9 Å². The summed E-state index contributed by atoms with van der Waals surface area (Å²) in [7, 11) is 0. The highest BCUT2D eigenvalue weighted by Gasteiger charge is 2.51. The molecule has 1 atom stereocenters. The van der Waals surface area contributed by atoms with Crippen LogP contribution in [-0.4, -0.2) is 56.4 Å². The van der Waals surface area contributed by atoms with Gasteiger partial charge in [0.2, 0.25) is 0 Å². The third-order valence-corrected chi connectivity index (χ3v) is 6.28. The molecule has 2 fully saturated rings. The second kappa shape index (κ2) is 8.26. The number of aromatic amines is 1. The van der Waals surface area contributed by atoms with Crippen LogP contribution in [0.1, 0.15) is 25.7 Å². The van der Waals surface area contributed by atoms with Crippen LogP contribution in [0, 0.1) is 0 Å². The standard InChI is InChI=1S/C18H21BrIN5O4/c19-11-6-21-15-13(14(11)25-5-1-2-10(8-25)23-17(27)28)12(7-22-15)24-16(26)18(3-4-18)29-9-20/h6-7,10,23H,1-5,8-9H2,(H,21,22)(H,24,26)(H,27,28). The summed E-state index contributed by atoms with van der Waals surface area (Å²) in [4.78, 5) is 33.5. The molecular formula is C18H21BrIN5O4. The number of rotatable bonds is 6. The summed E-state index contributed by atoms with van der Waals surface area (Å²) in [5.74, 6) is -0.148. The molecule has 0 aromatic carbocycles. The number of piperidine rings is 1. The molecule has 2 amide bonds. The molecule has 0 radical (unpaired) electrons. The third kappa shape index (κ3) is 4.17. The van der Waals surface area contributed by atoms with E-state index in [9.17, 15) is 9.59 Å². The zero-order chi connectivity index (χ0) is 20.6. The first kappa shape index (κ1) is 20.7. The minimum absolute atomic E-state index is 0.148. The van der Waals surface area contributed by atoms with Crippen molar-refractivity contribution in [1.29, 1.82) is 0 Å². The molecular weight excluding hydrogens is 557 g/mol. The first-order valence-electron chi connectivity index (χ1n) is 9.35.